The predicted molar refractivity (Wildman–Crippen MR) is 117 cm³/mol. The van der Waals surface area contributed by atoms with Gasteiger partial charge < -0.3 is 10.2 Å². The molecule has 0 aromatic heterocycles. The minimum Gasteiger partial charge on any atom is -0.357 e. The number of nitrogens with one attached hydrogen (secondary N) is 1. The largest absolute Gasteiger partial charge is 0.357 e. The maximum atomic E-state index is 12.9. The number of carbonyl (C=O) groups excluding carboxylic acids is 2. The van der Waals surface area contributed by atoms with Crippen molar-refractivity contribution in [3.05, 3.63) is 63.6 Å². The zero-order chi connectivity index (χ0) is 20.7. The van der Waals surface area contributed by atoms with Crippen LogP contribution in [0.2, 0.25) is 10.0 Å². The molecule has 0 saturated carbocycles. The van der Waals surface area contributed by atoms with Crippen molar-refractivity contribution in [2.75, 3.05) is 12.8 Å². The van der Waals surface area contributed by atoms with E-state index in [1.807, 2.05) is 37.3 Å². The van der Waals surface area contributed by atoms with Gasteiger partial charge in [0.1, 0.15) is 6.04 Å². The number of nitrogens with zero attached hydrogens (tertiary/aromatic N) is 1. The lowest BCUT2D eigenvalue weighted by molar-refractivity contribution is -0.140. The molecule has 4 nitrogen and oxygen atoms in total. The van der Waals surface area contributed by atoms with Gasteiger partial charge in [0.05, 0.1) is 10.0 Å². The number of halogens is 2. The van der Waals surface area contributed by atoms with Crippen molar-refractivity contribution in [2.45, 2.75) is 37.8 Å². The molecule has 150 valence electrons. The minimum absolute atomic E-state index is 0.0817. The molecule has 1 unspecified atom stereocenters. The third-order valence-electron chi connectivity index (χ3n) is 4.36. The Morgan fingerprint density at radius 2 is 1.79 bits per heavy atom. The maximum Gasteiger partial charge on any atom is 0.242 e. The number of hydrogen-bond donors (Lipinski definition) is 1. The summed E-state index contributed by atoms with van der Waals surface area (Å²) in [5.41, 5.74) is 2.03. The van der Waals surface area contributed by atoms with Crippen LogP contribution in [0.1, 0.15) is 24.5 Å². The van der Waals surface area contributed by atoms with Crippen molar-refractivity contribution in [1.29, 1.82) is 0 Å². The van der Waals surface area contributed by atoms with Crippen molar-refractivity contribution in [1.82, 2.24) is 10.2 Å². The Balaban J connectivity index is 2.06. The molecule has 0 spiro atoms. The number of amides is 2. The highest BCUT2D eigenvalue weighted by Gasteiger charge is 2.25. The van der Waals surface area contributed by atoms with Crippen LogP contribution in [0.15, 0.2) is 47.4 Å². The van der Waals surface area contributed by atoms with Crippen molar-refractivity contribution in [2.24, 2.45) is 0 Å². The standard InChI is InChI=1S/C21H24Cl2N2O2S/c1-14-4-7-17(8-5-14)28-11-10-20(26)25(15(2)21(27)24-3)13-16-6-9-18(22)19(23)12-16/h4-9,12,15H,10-11,13H2,1-3H3,(H,24,27). The van der Waals surface area contributed by atoms with Gasteiger partial charge >= 0.3 is 0 Å². The summed E-state index contributed by atoms with van der Waals surface area (Å²) in [6.07, 6.45) is 0.335. The van der Waals surface area contributed by atoms with Gasteiger partial charge in [-0.3, -0.25) is 9.59 Å². The van der Waals surface area contributed by atoms with Gasteiger partial charge in [-0.2, -0.15) is 0 Å². The monoisotopic (exact) mass is 438 g/mol. The fourth-order valence-corrected chi connectivity index (χ4v) is 3.82. The molecular weight excluding hydrogens is 415 g/mol. The van der Waals surface area contributed by atoms with Gasteiger partial charge in [-0.05, 0) is 43.7 Å². The quantitative estimate of drug-likeness (QED) is 0.593. The molecule has 1 atom stereocenters. The van der Waals surface area contributed by atoms with Crippen molar-refractivity contribution < 1.29 is 9.59 Å². The third-order valence-corrected chi connectivity index (χ3v) is 6.11. The summed E-state index contributed by atoms with van der Waals surface area (Å²) in [6.45, 7) is 4.06. The highest BCUT2D eigenvalue weighted by atomic mass is 35.5. The van der Waals surface area contributed by atoms with E-state index in [1.165, 1.54) is 5.56 Å². The van der Waals surface area contributed by atoms with Crippen LogP contribution in [0.5, 0.6) is 0 Å². The van der Waals surface area contributed by atoms with Gasteiger partial charge in [0, 0.05) is 30.7 Å². The van der Waals surface area contributed by atoms with Crippen molar-refractivity contribution >= 4 is 46.8 Å². The van der Waals surface area contributed by atoms with Crippen molar-refractivity contribution in [3.8, 4) is 0 Å². The zero-order valence-electron chi connectivity index (χ0n) is 16.2. The lowest BCUT2D eigenvalue weighted by Gasteiger charge is -2.28. The summed E-state index contributed by atoms with van der Waals surface area (Å²) in [5.74, 6) is 0.349. The summed E-state index contributed by atoms with van der Waals surface area (Å²) < 4.78 is 0. The SMILES string of the molecule is CNC(=O)C(C)N(Cc1ccc(Cl)c(Cl)c1)C(=O)CCSc1ccc(C)cc1. The van der Waals surface area contributed by atoms with E-state index >= 15 is 0 Å². The molecule has 2 aromatic rings. The first-order valence-electron chi connectivity index (χ1n) is 8.96. The van der Waals surface area contributed by atoms with Gasteiger partial charge in [-0.25, -0.2) is 0 Å². The normalized spacial score (nSPS) is 11.8. The molecule has 0 aliphatic rings. The Morgan fingerprint density at radius 3 is 2.39 bits per heavy atom. The average Bonchev–Trinajstić information content (AvgIpc) is 2.69. The molecule has 0 aliphatic heterocycles. The molecular formula is C21H24Cl2N2O2S. The van der Waals surface area contributed by atoms with E-state index in [9.17, 15) is 9.59 Å². The predicted octanol–water partition coefficient (Wildman–Crippen LogP) is 4.95. The molecule has 0 saturated heterocycles. The molecule has 0 aliphatic carbocycles. The number of thioether (sulfide) groups is 1. The zero-order valence-corrected chi connectivity index (χ0v) is 18.5. The van der Waals surface area contributed by atoms with Crippen LogP contribution < -0.4 is 5.32 Å². The summed E-state index contributed by atoms with van der Waals surface area (Å²) in [5, 5.41) is 3.49. The van der Waals surface area contributed by atoms with Gasteiger partial charge in [0.2, 0.25) is 11.8 Å². The van der Waals surface area contributed by atoms with Gasteiger partial charge in [0.25, 0.3) is 0 Å². The number of benzene rings is 2. The topological polar surface area (TPSA) is 49.4 Å². The van der Waals surface area contributed by atoms with E-state index < -0.39 is 6.04 Å². The molecule has 2 aromatic carbocycles. The summed E-state index contributed by atoms with van der Waals surface area (Å²) in [4.78, 5) is 27.7. The lowest BCUT2D eigenvalue weighted by atomic mass is 10.1. The highest BCUT2D eigenvalue weighted by molar-refractivity contribution is 7.99. The molecule has 2 amide bonds. The molecule has 7 heteroatoms. The van der Waals surface area contributed by atoms with Crippen LogP contribution in [0, 0.1) is 6.92 Å². The Hall–Kier alpha value is -1.69. The van der Waals surface area contributed by atoms with E-state index in [-0.39, 0.29) is 11.8 Å². The maximum absolute atomic E-state index is 12.9. The van der Waals surface area contributed by atoms with E-state index in [1.54, 1.807) is 42.8 Å². The van der Waals surface area contributed by atoms with Gasteiger partial charge in [0.15, 0.2) is 0 Å². The van der Waals surface area contributed by atoms with E-state index in [0.717, 1.165) is 10.5 Å². The van der Waals surface area contributed by atoms with Crippen LogP contribution in [0.3, 0.4) is 0 Å². The van der Waals surface area contributed by atoms with Crippen LogP contribution in [0.4, 0.5) is 0 Å². The van der Waals surface area contributed by atoms with Crippen LogP contribution >= 0.6 is 35.0 Å². The van der Waals surface area contributed by atoms with Gasteiger partial charge in [-0.15, -0.1) is 11.8 Å². The molecule has 0 heterocycles. The van der Waals surface area contributed by atoms with E-state index in [2.05, 4.69) is 5.32 Å². The second kappa shape index (κ2) is 10.7. The number of likely N-dealkylation sites (N-methyl/N-ethyl adjacent to an activating group) is 1. The third kappa shape index (κ3) is 6.43. The Labute approximate surface area is 180 Å². The molecule has 28 heavy (non-hydrogen) atoms. The van der Waals surface area contributed by atoms with Crippen LogP contribution in [-0.4, -0.2) is 35.6 Å². The summed E-state index contributed by atoms with van der Waals surface area (Å²) >= 11 is 13.7. The minimum atomic E-state index is -0.587. The summed E-state index contributed by atoms with van der Waals surface area (Å²) in [6, 6.07) is 12.8. The number of hydrogen-bond acceptors (Lipinski definition) is 3. The molecule has 1 N–H and O–H groups in total. The second-order valence-electron chi connectivity index (χ2n) is 6.47. The molecule has 2 rings (SSSR count). The van der Waals surface area contributed by atoms with Crippen LogP contribution in [0.25, 0.3) is 0 Å². The first-order chi connectivity index (χ1) is 13.3. The fraction of sp³-hybridized carbons (Fsp3) is 0.333. The van der Waals surface area contributed by atoms with Crippen LogP contribution in [-0.2, 0) is 16.1 Å². The number of aryl methyl sites for hydroxylation is 1. The average molecular weight is 439 g/mol. The highest BCUT2D eigenvalue weighted by Crippen LogP contribution is 2.24. The summed E-state index contributed by atoms with van der Waals surface area (Å²) in [7, 11) is 1.56. The van der Waals surface area contributed by atoms with E-state index in [4.69, 9.17) is 23.2 Å². The fourth-order valence-electron chi connectivity index (χ4n) is 2.66. The molecule has 0 bridgehead atoms. The number of carbonyl (C=O) groups is 2. The Kier molecular flexibility index (Phi) is 8.67. The lowest BCUT2D eigenvalue weighted by Crippen LogP contribution is -2.46. The van der Waals surface area contributed by atoms with E-state index in [0.29, 0.717) is 28.8 Å². The van der Waals surface area contributed by atoms with Crippen molar-refractivity contribution in [3.63, 3.8) is 0 Å². The smallest absolute Gasteiger partial charge is 0.242 e. The Bertz CT molecular complexity index is 828. The Morgan fingerprint density at radius 1 is 1.11 bits per heavy atom. The number of rotatable bonds is 8. The van der Waals surface area contributed by atoms with Gasteiger partial charge in [-0.1, -0.05) is 47.0 Å². The first kappa shape index (κ1) is 22.6. The second-order valence-corrected chi connectivity index (χ2v) is 8.45. The molecule has 0 fully saturated rings. The first-order valence-corrected chi connectivity index (χ1v) is 10.7. The molecule has 0 radical (unpaired) electrons.